The molecule has 2 bridgehead atoms. The predicted molar refractivity (Wildman–Crippen MR) is 84.9 cm³/mol. The first-order valence-electron chi connectivity index (χ1n) is 8.11. The Bertz CT molecular complexity index is 523. The van der Waals surface area contributed by atoms with Crippen LogP contribution in [0.1, 0.15) is 5.56 Å². The number of nitrogens with zero attached hydrogens (tertiary/aromatic N) is 2. The number of carbonyl (C=O) groups is 1. The van der Waals surface area contributed by atoms with Crippen molar-refractivity contribution in [2.24, 2.45) is 17.8 Å². The number of likely N-dealkylation sites (tertiary alicyclic amines) is 2. The number of piperidine rings is 2. The van der Waals surface area contributed by atoms with Crippen LogP contribution in [0.3, 0.4) is 0 Å². The standard InChI is InChI=1S/C17H24N2O4/c20-11-15(21)16-13-7-18(6-12-4-2-1-3-5-12)8-14(16)10-19(9-13)17(22)23/h1-5,13-16,20-21H,6-11H2,(H,22,23). The number of hydrogen-bond donors (Lipinski definition) is 3. The molecule has 0 saturated carbocycles. The summed E-state index contributed by atoms with van der Waals surface area (Å²) >= 11 is 0. The van der Waals surface area contributed by atoms with Crippen LogP contribution in [0.4, 0.5) is 4.79 Å². The Morgan fingerprint density at radius 2 is 1.74 bits per heavy atom. The molecule has 1 amide bonds. The Morgan fingerprint density at radius 3 is 2.26 bits per heavy atom. The molecule has 2 aliphatic heterocycles. The number of benzene rings is 1. The van der Waals surface area contributed by atoms with E-state index in [-0.39, 0.29) is 24.4 Å². The van der Waals surface area contributed by atoms with Gasteiger partial charge in [-0.25, -0.2) is 4.79 Å². The lowest BCUT2D eigenvalue weighted by Crippen LogP contribution is -2.61. The van der Waals surface area contributed by atoms with E-state index < -0.39 is 12.2 Å². The third-order valence-electron chi connectivity index (χ3n) is 5.13. The Balaban J connectivity index is 1.73. The molecule has 0 spiro atoms. The fourth-order valence-electron chi connectivity index (χ4n) is 4.24. The maximum atomic E-state index is 11.3. The molecule has 23 heavy (non-hydrogen) atoms. The van der Waals surface area contributed by atoms with Gasteiger partial charge in [-0.2, -0.15) is 0 Å². The number of hydrogen-bond acceptors (Lipinski definition) is 4. The van der Waals surface area contributed by atoms with Crippen molar-refractivity contribution in [1.29, 1.82) is 0 Å². The smallest absolute Gasteiger partial charge is 0.407 e. The highest BCUT2D eigenvalue weighted by Gasteiger charge is 2.46. The van der Waals surface area contributed by atoms with Gasteiger partial charge < -0.3 is 20.2 Å². The molecule has 3 atom stereocenters. The number of fused-ring (bicyclic) bond motifs is 2. The second kappa shape index (κ2) is 6.86. The number of amides is 1. The molecule has 3 unspecified atom stereocenters. The van der Waals surface area contributed by atoms with E-state index in [4.69, 9.17) is 0 Å². The van der Waals surface area contributed by atoms with E-state index in [1.807, 2.05) is 18.2 Å². The van der Waals surface area contributed by atoms with Gasteiger partial charge in [-0.15, -0.1) is 0 Å². The lowest BCUT2D eigenvalue weighted by molar-refractivity contribution is -0.0853. The van der Waals surface area contributed by atoms with Crippen LogP contribution in [-0.4, -0.2) is 70.1 Å². The summed E-state index contributed by atoms with van der Waals surface area (Å²) in [7, 11) is 0. The molecule has 0 aliphatic carbocycles. The minimum Gasteiger partial charge on any atom is -0.465 e. The Morgan fingerprint density at radius 1 is 1.13 bits per heavy atom. The van der Waals surface area contributed by atoms with Crippen molar-refractivity contribution in [3.05, 3.63) is 35.9 Å². The van der Waals surface area contributed by atoms with E-state index in [1.54, 1.807) is 0 Å². The van der Waals surface area contributed by atoms with Crippen LogP contribution >= 0.6 is 0 Å². The number of aliphatic hydroxyl groups excluding tert-OH is 2. The van der Waals surface area contributed by atoms with Gasteiger partial charge in [0.15, 0.2) is 0 Å². The van der Waals surface area contributed by atoms with Crippen LogP contribution < -0.4 is 0 Å². The minimum atomic E-state index is -0.895. The normalized spacial score (nSPS) is 29.3. The third-order valence-corrected chi connectivity index (χ3v) is 5.13. The summed E-state index contributed by atoms with van der Waals surface area (Å²) in [6.45, 7) is 2.93. The Kier molecular flexibility index (Phi) is 4.84. The van der Waals surface area contributed by atoms with Gasteiger partial charge in [-0.1, -0.05) is 30.3 Å². The van der Waals surface area contributed by atoms with Crippen LogP contribution in [0.15, 0.2) is 30.3 Å². The van der Waals surface area contributed by atoms with E-state index in [2.05, 4.69) is 17.0 Å². The first-order valence-corrected chi connectivity index (χ1v) is 8.11. The van der Waals surface area contributed by atoms with E-state index >= 15 is 0 Å². The van der Waals surface area contributed by atoms with Crippen molar-refractivity contribution in [3.8, 4) is 0 Å². The van der Waals surface area contributed by atoms with Crippen molar-refractivity contribution in [3.63, 3.8) is 0 Å². The maximum Gasteiger partial charge on any atom is 0.407 e. The largest absolute Gasteiger partial charge is 0.465 e. The number of aliphatic hydroxyl groups is 2. The molecule has 0 radical (unpaired) electrons. The average Bonchev–Trinajstić information content (AvgIpc) is 2.53. The molecule has 126 valence electrons. The van der Waals surface area contributed by atoms with Gasteiger partial charge in [0, 0.05) is 32.7 Å². The fourth-order valence-corrected chi connectivity index (χ4v) is 4.24. The van der Waals surface area contributed by atoms with Crippen LogP contribution in [0.25, 0.3) is 0 Å². The van der Waals surface area contributed by atoms with Crippen molar-refractivity contribution in [1.82, 2.24) is 9.80 Å². The zero-order chi connectivity index (χ0) is 16.4. The molecule has 3 rings (SSSR count). The number of carboxylic acid groups (broad SMARTS) is 1. The van der Waals surface area contributed by atoms with E-state index in [0.29, 0.717) is 13.1 Å². The first kappa shape index (κ1) is 16.2. The second-order valence-electron chi connectivity index (χ2n) is 6.71. The SMILES string of the molecule is O=C(O)N1CC2CN(Cc3ccccc3)CC(C1)C2C(O)CO. The molecule has 0 aromatic heterocycles. The molecule has 2 heterocycles. The Labute approximate surface area is 135 Å². The van der Waals surface area contributed by atoms with Gasteiger partial charge in [-0.3, -0.25) is 4.90 Å². The van der Waals surface area contributed by atoms with Gasteiger partial charge in [0.2, 0.25) is 0 Å². The summed E-state index contributed by atoms with van der Waals surface area (Å²) in [5.41, 5.74) is 1.24. The summed E-state index contributed by atoms with van der Waals surface area (Å²) in [6.07, 6.45) is -1.66. The van der Waals surface area contributed by atoms with Crippen molar-refractivity contribution in [2.75, 3.05) is 32.8 Å². The highest BCUT2D eigenvalue weighted by atomic mass is 16.4. The lowest BCUT2D eigenvalue weighted by atomic mass is 9.71. The molecular weight excluding hydrogens is 296 g/mol. The lowest BCUT2D eigenvalue weighted by Gasteiger charge is -2.51. The topological polar surface area (TPSA) is 84.2 Å². The summed E-state index contributed by atoms with van der Waals surface area (Å²) in [6, 6.07) is 10.2. The summed E-state index contributed by atoms with van der Waals surface area (Å²) in [4.78, 5) is 15.1. The molecule has 3 N–H and O–H groups in total. The van der Waals surface area contributed by atoms with Crippen molar-refractivity contribution >= 4 is 6.09 Å². The second-order valence-corrected chi connectivity index (χ2v) is 6.71. The molecule has 2 aliphatic rings. The summed E-state index contributed by atoms with van der Waals surface area (Å²) in [5, 5.41) is 28.8. The molecule has 2 saturated heterocycles. The molecule has 6 heteroatoms. The molecular formula is C17H24N2O4. The minimum absolute atomic E-state index is 0.0253. The fraction of sp³-hybridized carbons (Fsp3) is 0.588. The Hall–Kier alpha value is -1.63. The van der Waals surface area contributed by atoms with E-state index in [1.165, 1.54) is 10.5 Å². The van der Waals surface area contributed by atoms with E-state index in [0.717, 1.165) is 19.6 Å². The average molecular weight is 320 g/mol. The van der Waals surface area contributed by atoms with Crippen LogP contribution in [0.2, 0.25) is 0 Å². The molecule has 2 fully saturated rings. The van der Waals surface area contributed by atoms with Gasteiger partial charge >= 0.3 is 6.09 Å². The van der Waals surface area contributed by atoms with Crippen LogP contribution in [0, 0.1) is 17.8 Å². The van der Waals surface area contributed by atoms with Gasteiger partial charge in [0.25, 0.3) is 0 Å². The zero-order valence-electron chi connectivity index (χ0n) is 13.1. The maximum absolute atomic E-state index is 11.3. The van der Waals surface area contributed by atoms with Crippen molar-refractivity contribution in [2.45, 2.75) is 12.6 Å². The predicted octanol–water partition coefficient (Wildman–Crippen LogP) is 0.698. The number of rotatable bonds is 4. The zero-order valence-corrected chi connectivity index (χ0v) is 13.1. The van der Waals surface area contributed by atoms with Gasteiger partial charge in [0.05, 0.1) is 12.7 Å². The highest BCUT2D eigenvalue weighted by Crippen LogP contribution is 2.37. The quantitative estimate of drug-likeness (QED) is 0.760. The van der Waals surface area contributed by atoms with Crippen molar-refractivity contribution < 1.29 is 20.1 Å². The molecule has 1 aromatic rings. The highest BCUT2D eigenvalue weighted by molar-refractivity contribution is 5.65. The third kappa shape index (κ3) is 3.49. The van der Waals surface area contributed by atoms with Gasteiger partial charge in [0.1, 0.15) is 0 Å². The molecule has 6 nitrogen and oxygen atoms in total. The van der Waals surface area contributed by atoms with Gasteiger partial charge in [-0.05, 0) is 23.3 Å². The first-order chi connectivity index (χ1) is 11.1. The summed E-state index contributed by atoms with van der Waals surface area (Å²) in [5.74, 6) is 0.0940. The summed E-state index contributed by atoms with van der Waals surface area (Å²) < 4.78 is 0. The van der Waals surface area contributed by atoms with Crippen LogP contribution in [-0.2, 0) is 6.54 Å². The van der Waals surface area contributed by atoms with Crippen LogP contribution in [0.5, 0.6) is 0 Å². The van der Waals surface area contributed by atoms with E-state index in [9.17, 15) is 20.1 Å². The molecule has 1 aromatic carbocycles. The monoisotopic (exact) mass is 320 g/mol.